The van der Waals surface area contributed by atoms with E-state index < -0.39 is 70.4 Å². The quantitative estimate of drug-likeness (QED) is 0.302. The molecule has 3 aromatic rings. The Balaban J connectivity index is 2.40. The van der Waals surface area contributed by atoms with Gasteiger partial charge in [0.1, 0.15) is 32.1 Å². The summed E-state index contributed by atoms with van der Waals surface area (Å²) in [7, 11) is -17.6. The van der Waals surface area contributed by atoms with E-state index in [4.69, 9.17) is 0 Å². The third-order valence-electron chi connectivity index (χ3n) is 4.35. The Morgan fingerprint density at radius 3 is 0.941 bits per heavy atom. The van der Waals surface area contributed by atoms with E-state index in [1.165, 1.54) is 0 Å². The van der Waals surface area contributed by atoms with Gasteiger partial charge < -0.3 is 0 Å². The molecule has 34 heavy (non-hydrogen) atoms. The summed E-state index contributed by atoms with van der Waals surface area (Å²) in [5.41, 5.74) is 0. The molecule has 0 fully saturated rings. The molecule has 0 spiro atoms. The van der Waals surface area contributed by atoms with Gasteiger partial charge in [0, 0.05) is 0 Å². The van der Waals surface area contributed by atoms with Gasteiger partial charge in [-0.1, -0.05) is 18.2 Å². The van der Waals surface area contributed by atoms with Crippen molar-refractivity contribution in [2.75, 3.05) is 0 Å². The molecule has 0 aliphatic carbocycles. The fourth-order valence-corrected chi connectivity index (χ4v) is 7.31. The van der Waals surface area contributed by atoms with E-state index in [9.17, 15) is 52.1 Å². The van der Waals surface area contributed by atoms with Crippen molar-refractivity contribution in [1.82, 2.24) is 0 Å². The van der Waals surface area contributed by atoms with Crippen LogP contribution in [0.2, 0.25) is 0 Å². The van der Waals surface area contributed by atoms with E-state index in [2.05, 4.69) is 0 Å². The van der Waals surface area contributed by atoms with E-state index in [-0.39, 0.29) is 15.9 Å². The predicted molar refractivity (Wildman–Crippen MR) is 114 cm³/mol. The first kappa shape index (κ1) is 26.2. The zero-order chi connectivity index (χ0) is 25.6. The first-order valence-electron chi connectivity index (χ1n) is 8.61. The minimum Gasteiger partial charge on any atom is -0.282 e. The molecule has 0 unspecified atom stereocenters. The van der Waals surface area contributed by atoms with E-state index >= 15 is 0 Å². The van der Waals surface area contributed by atoms with E-state index in [0.29, 0.717) is 36.4 Å². The van der Waals surface area contributed by atoms with Crippen molar-refractivity contribution in [2.24, 2.45) is 0 Å². The Bertz CT molecular complexity index is 1430. The van der Waals surface area contributed by atoms with E-state index in [0.717, 1.165) is 18.2 Å². The first-order chi connectivity index (χ1) is 15.5. The molecule has 182 valence electrons. The van der Waals surface area contributed by atoms with Gasteiger partial charge in [0.15, 0.2) is 0 Å². The topological polar surface area (TPSA) is 163 Å². The summed E-state index contributed by atoms with van der Waals surface area (Å²) in [5, 5.41) is -0.403. The molecule has 0 bridgehead atoms. The Hall–Kier alpha value is -2.39. The molecule has 9 nitrogen and oxygen atoms in total. The summed E-state index contributed by atoms with van der Waals surface area (Å²) in [4.78, 5) is -3.52. The van der Waals surface area contributed by atoms with Crippen molar-refractivity contribution >= 4 is 54.2 Å². The van der Waals surface area contributed by atoms with Crippen LogP contribution in [-0.4, -0.2) is 38.9 Å². The summed E-state index contributed by atoms with van der Waals surface area (Å²) in [5.74, 6) is -4.05. The first-order valence-corrected chi connectivity index (χ1v) is 14.3. The molecule has 0 aliphatic rings. The number of benzene rings is 3. The summed E-state index contributed by atoms with van der Waals surface area (Å²) >= 11 is 0. The molecule has 3 aromatic carbocycles. The zero-order valence-corrected chi connectivity index (χ0v) is 19.6. The van der Waals surface area contributed by atoms with Gasteiger partial charge in [-0.05, 0) is 60.2 Å². The minimum absolute atomic E-state index is 0.134. The molecule has 0 radical (unpaired) electrons. The lowest BCUT2D eigenvalue weighted by Gasteiger charge is -2.21. The summed E-state index contributed by atoms with van der Waals surface area (Å²) in [6.45, 7) is 0. The Labute approximate surface area is 192 Å². The second-order valence-electron chi connectivity index (χ2n) is 6.60. The van der Waals surface area contributed by atoms with Crippen molar-refractivity contribution in [3.05, 3.63) is 72.0 Å². The molecule has 0 aliphatic heterocycles. The molecule has 3 N–H and O–H groups in total. The third kappa shape index (κ3) is 5.46. The molecule has 0 atom stereocenters. The van der Waals surface area contributed by atoms with Gasteiger partial charge in [-0.25, -0.2) is 13.2 Å². The van der Waals surface area contributed by atoms with Gasteiger partial charge in [-0.2, -0.15) is 25.3 Å². The number of rotatable bonds is 6. The fraction of sp³-hybridized carbons (Fsp3) is 0. The van der Waals surface area contributed by atoms with Crippen LogP contribution in [0.1, 0.15) is 0 Å². The van der Waals surface area contributed by atoms with Crippen molar-refractivity contribution in [3.63, 3.8) is 0 Å². The minimum atomic E-state index is -5.09. The van der Waals surface area contributed by atoms with E-state index in [1.54, 1.807) is 0 Å². The molecular formula is C18H12F3O9PS3. The van der Waals surface area contributed by atoms with Crippen LogP contribution in [0, 0.1) is 17.5 Å². The lowest BCUT2D eigenvalue weighted by Crippen LogP contribution is -2.24. The van der Waals surface area contributed by atoms with Crippen LogP contribution in [-0.2, 0) is 30.4 Å². The summed E-state index contributed by atoms with van der Waals surface area (Å²) in [6.07, 6.45) is 0. The molecule has 16 heteroatoms. The van der Waals surface area contributed by atoms with Crippen LogP contribution >= 0.6 is 7.92 Å². The highest BCUT2D eigenvalue weighted by Gasteiger charge is 2.27. The van der Waals surface area contributed by atoms with Crippen LogP contribution in [0.15, 0.2) is 69.3 Å². The van der Waals surface area contributed by atoms with Gasteiger partial charge in [0.2, 0.25) is 0 Å². The molecule has 0 saturated heterocycles. The predicted octanol–water partition coefficient (Wildman–Crippen LogP) is 1.60. The molecule has 0 heterocycles. The Morgan fingerprint density at radius 1 is 0.500 bits per heavy atom. The number of halogens is 3. The summed E-state index contributed by atoms with van der Waals surface area (Å²) in [6, 6.07) is 7.00. The number of hydrogen-bond acceptors (Lipinski definition) is 6. The molecular weight excluding hydrogens is 544 g/mol. The molecule has 0 amide bonds. The van der Waals surface area contributed by atoms with Gasteiger partial charge in [-0.15, -0.1) is 0 Å². The Morgan fingerprint density at radius 2 is 0.735 bits per heavy atom. The molecule has 3 rings (SSSR count). The van der Waals surface area contributed by atoms with Crippen molar-refractivity contribution in [1.29, 1.82) is 0 Å². The maximum Gasteiger partial charge on any atom is 0.297 e. The smallest absolute Gasteiger partial charge is 0.282 e. The van der Waals surface area contributed by atoms with Crippen LogP contribution in [0.25, 0.3) is 0 Å². The van der Waals surface area contributed by atoms with Crippen LogP contribution in [0.5, 0.6) is 0 Å². The van der Waals surface area contributed by atoms with E-state index in [1.807, 2.05) is 0 Å². The fourth-order valence-electron chi connectivity index (χ4n) is 2.93. The largest absolute Gasteiger partial charge is 0.297 e. The Kier molecular flexibility index (Phi) is 6.94. The van der Waals surface area contributed by atoms with Crippen molar-refractivity contribution in [3.8, 4) is 0 Å². The second-order valence-corrected chi connectivity index (χ2v) is 13.0. The van der Waals surface area contributed by atoms with Gasteiger partial charge >= 0.3 is 0 Å². The molecule has 0 aromatic heterocycles. The SMILES string of the molecule is O=S(=O)(O)c1cc(P(c2ccc(F)c(S(=O)(=O)O)c2)c2ccc(F)c(S(=O)(=O)O)c2)ccc1F. The maximum atomic E-state index is 14.0. The summed E-state index contributed by atoms with van der Waals surface area (Å²) < 4.78 is 139. The normalized spacial score (nSPS) is 12.8. The van der Waals surface area contributed by atoms with Crippen LogP contribution in [0.4, 0.5) is 13.2 Å². The maximum absolute atomic E-state index is 14.0. The monoisotopic (exact) mass is 556 g/mol. The van der Waals surface area contributed by atoms with Crippen molar-refractivity contribution in [2.45, 2.75) is 14.7 Å². The highest BCUT2D eigenvalue weighted by atomic mass is 32.2. The van der Waals surface area contributed by atoms with Gasteiger partial charge in [0.25, 0.3) is 30.4 Å². The third-order valence-corrected chi connectivity index (χ3v) is 9.34. The zero-order valence-electron chi connectivity index (χ0n) is 16.3. The van der Waals surface area contributed by atoms with Crippen LogP contribution in [0.3, 0.4) is 0 Å². The average molecular weight is 556 g/mol. The standard InChI is InChI=1S/C18H12F3O9PS3/c19-13-4-1-10(7-16(13)32(22,23)24)31(11-2-5-14(20)17(8-11)33(25,26)27)12-3-6-15(21)18(9-12)34(28,29)30/h1-9H,(H,22,23,24)(H,25,26,27)(H,28,29,30). The van der Waals surface area contributed by atoms with Crippen LogP contribution < -0.4 is 15.9 Å². The van der Waals surface area contributed by atoms with Gasteiger partial charge in [0.05, 0.1) is 0 Å². The molecule has 0 saturated carbocycles. The lowest BCUT2D eigenvalue weighted by atomic mass is 10.3. The van der Waals surface area contributed by atoms with Gasteiger partial charge in [-0.3, -0.25) is 13.7 Å². The average Bonchev–Trinajstić information content (AvgIpc) is 2.69. The highest BCUT2D eigenvalue weighted by Crippen LogP contribution is 2.36. The number of hydrogen-bond donors (Lipinski definition) is 3. The highest BCUT2D eigenvalue weighted by molar-refractivity contribution is 7.86. The lowest BCUT2D eigenvalue weighted by molar-refractivity contribution is 0.471. The second kappa shape index (κ2) is 9.00. The van der Waals surface area contributed by atoms with Crippen molar-refractivity contribution < 1.29 is 52.1 Å².